The van der Waals surface area contributed by atoms with Gasteiger partial charge >= 0.3 is 5.97 Å². The number of ether oxygens (including phenoxy) is 2. The molecular weight excluding hydrogens is 452 g/mol. The van der Waals surface area contributed by atoms with Gasteiger partial charge in [-0.15, -0.1) is 0 Å². The fourth-order valence-electron chi connectivity index (χ4n) is 3.56. The second kappa shape index (κ2) is 10.4. The summed E-state index contributed by atoms with van der Waals surface area (Å²) in [7, 11) is 1.59. The molecule has 0 aromatic heterocycles. The van der Waals surface area contributed by atoms with Gasteiger partial charge in [-0.2, -0.15) is 0 Å². The Kier molecular flexibility index (Phi) is 7.18. The summed E-state index contributed by atoms with van der Waals surface area (Å²) in [5, 5.41) is 2.87. The lowest BCUT2D eigenvalue weighted by molar-refractivity contribution is -0.119. The topological polar surface area (TPSA) is 84.9 Å². The molecule has 0 bridgehead atoms. The number of hydrogen-bond donors (Lipinski definition) is 1. The van der Waals surface area contributed by atoms with Crippen LogP contribution in [0.25, 0.3) is 0 Å². The maximum atomic E-state index is 13.5. The molecule has 0 saturated carbocycles. The molecule has 3 aromatic rings. The summed E-state index contributed by atoms with van der Waals surface area (Å²) < 4.78 is 10.3. The van der Waals surface area contributed by atoms with E-state index >= 15 is 0 Å². The van der Waals surface area contributed by atoms with Gasteiger partial charge in [0.25, 0.3) is 5.91 Å². The first-order chi connectivity index (χ1) is 16.5. The van der Waals surface area contributed by atoms with Crippen LogP contribution >= 0.6 is 11.8 Å². The first-order valence-electron chi connectivity index (χ1n) is 10.8. The van der Waals surface area contributed by atoms with Gasteiger partial charge in [-0.25, -0.2) is 4.79 Å². The van der Waals surface area contributed by atoms with Crippen LogP contribution in [0.3, 0.4) is 0 Å². The lowest BCUT2D eigenvalue weighted by Gasteiger charge is -2.23. The minimum atomic E-state index is -0.478. The van der Waals surface area contributed by atoms with Crippen molar-refractivity contribution in [1.82, 2.24) is 5.32 Å². The van der Waals surface area contributed by atoms with Gasteiger partial charge in [0.2, 0.25) is 5.91 Å². The number of benzene rings is 3. The van der Waals surface area contributed by atoms with E-state index in [1.165, 1.54) is 16.7 Å². The molecule has 1 heterocycles. The summed E-state index contributed by atoms with van der Waals surface area (Å²) in [5.74, 6) is -0.368. The van der Waals surface area contributed by atoms with Crippen LogP contribution in [0.4, 0.5) is 5.69 Å². The van der Waals surface area contributed by atoms with Gasteiger partial charge in [0.1, 0.15) is 12.3 Å². The van der Waals surface area contributed by atoms with Crippen LogP contribution in [0.2, 0.25) is 0 Å². The minimum Gasteiger partial charge on any atom is -0.497 e. The van der Waals surface area contributed by atoms with Crippen molar-refractivity contribution < 1.29 is 23.9 Å². The van der Waals surface area contributed by atoms with Crippen molar-refractivity contribution >= 4 is 35.2 Å². The number of nitrogens with zero attached hydrogens (tertiary/aromatic N) is 1. The molecule has 1 aliphatic rings. The number of carbonyl (C=O) groups excluding carboxylic acids is 3. The second-order valence-corrected chi connectivity index (χ2v) is 8.60. The maximum Gasteiger partial charge on any atom is 0.338 e. The van der Waals surface area contributed by atoms with Crippen molar-refractivity contribution in [3.63, 3.8) is 0 Å². The summed E-state index contributed by atoms with van der Waals surface area (Å²) >= 11 is 1.43. The monoisotopic (exact) mass is 476 g/mol. The normalized spacial score (nSPS) is 12.3. The van der Waals surface area contributed by atoms with Crippen molar-refractivity contribution in [3.05, 3.63) is 83.4 Å². The quantitative estimate of drug-likeness (QED) is 0.512. The molecule has 4 rings (SSSR count). The predicted octanol–water partition coefficient (Wildman–Crippen LogP) is 4.30. The van der Waals surface area contributed by atoms with E-state index in [0.717, 1.165) is 21.1 Å². The Morgan fingerprint density at radius 1 is 1.00 bits per heavy atom. The number of esters is 1. The van der Waals surface area contributed by atoms with Crippen LogP contribution < -0.4 is 15.0 Å². The van der Waals surface area contributed by atoms with Crippen LogP contribution in [-0.2, 0) is 16.1 Å². The Balaban J connectivity index is 1.61. The third-order valence-corrected chi connectivity index (χ3v) is 6.43. The van der Waals surface area contributed by atoms with E-state index in [-0.39, 0.29) is 25.0 Å². The smallest absolute Gasteiger partial charge is 0.338 e. The fourth-order valence-corrected chi connectivity index (χ4v) is 4.62. The largest absolute Gasteiger partial charge is 0.497 e. The van der Waals surface area contributed by atoms with E-state index in [2.05, 4.69) is 5.32 Å². The molecule has 1 aliphatic heterocycles. The molecule has 174 valence electrons. The average molecular weight is 477 g/mol. The van der Waals surface area contributed by atoms with Gasteiger partial charge in [-0.05, 0) is 55.0 Å². The lowest BCUT2D eigenvalue weighted by Crippen LogP contribution is -2.40. The highest BCUT2D eigenvalue weighted by molar-refractivity contribution is 7.99. The van der Waals surface area contributed by atoms with E-state index in [0.29, 0.717) is 23.4 Å². The highest BCUT2D eigenvalue weighted by Crippen LogP contribution is 2.41. The molecule has 0 spiro atoms. The van der Waals surface area contributed by atoms with Crippen LogP contribution in [-0.4, -0.2) is 38.0 Å². The SMILES string of the molecule is CCOC(=O)c1ccc2c(c1)N(CC(=O)NCc1ccc(OC)cc1)C(=O)c1ccccc1S2. The molecule has 0 atom stereocenters. The summed E-state index contributed by atoms with van der Waals surface area (Å²) in [6.07, 6.45) is 0. The summed E-state index contributed by atoms with van der Waals surface area (Å²) in [6.45, 7) is 2.10. The Labute approximate surface area is 202 Å². The Morgan fingerprint density at radius 2 is 1.76 bits per heavy atom. The number of rotatable bonds is 7. The lowest BCUT2D eigenvalue weighted by atomic mass is 10.1. The number of anilines is 1. The summed E-state index contributed by atoms with van der Waals surface area (Å²) in [5.41, 5.74) is 2.23. The molecule has 8 heteroatoms. The van der Waals surface area contributed by atoms with Gasteiger partial charge in [-0.3, -0.25) is 14.5 Å². The maximum absolute atomic E-state index is 13.5. The van der Waals surface area contributed by atoms with Crippen LogP contribution in [0.1, 0.15) is 33.2 Å². The van der Waals surface area contributed by atoms with Gasteiger partial charge in [0.05, 0.1) is 30.5 Å². The molecule has 0 radical (unpaired) electrons. The van der Waals surface area contributed by atoms with E-state index in [4.69, 9.17) is 9.47 Å². The molecule has 7 nitrogen and oxygen atoms in total. The van der Waals surface area contributed by atoms with Gasteiger partial charge in [0.15, 0.2) is 0 Å². The molecular formula is C26H24N2O5S. The fraction of sp³-hybridized carbons (Fsp3) is 0.192. The van der Waals surface area contributed by atoms with Gasteiger partial charge < -0.3 is 14.8 Å². The summed E-state index contributed by atoms with van der Waals surface area (Å²) in [4.78, 5) is 41.7. The number of fused-ring (bicyclic) bond motifs is 2. The number of nitrogens with one attached hydrogen (secondary N) is 1. The van der Waals surface area contributed by atoms with Gasteiger partial charge in [-0.1, -0.05) is 36.0 Å². The van der Waals surface area contributed by atoms with E-state index in [1.54, 1.807) is 44.4 Å². The second-order valence-electron chi connectivity index (χ2n) is 7.52. The van der Waals surface area contributed by atoms with E-state index in [1.807, 2.05) is 36.4 Å². The molecule has 0 aliphatic carbocycles. The standard InChI is InChI=1S/C26H24N2O5S/c1-3-33-26(31)18-10-13-23-21(14-18)28(25(30)20-6-4-5-7-22(20)34-23)16-24(29)27-15-17-8-11-19(32-2)12-9-17/h4-14H,3,15-16H2,1-2H3,(H,27,29). The first-order valence-corrected chi connectivity index (χ1v) is 11.6. The highest BCUT2D eigenvalue weighted by Gasteiger charge is 2.29. The Hall–Kier alpha value is -3.78. The third kappa shape index (κ3) is 5.07. The molecule has 34 heavy (non-hydrogen) atoms. The number of amides is 2. The molecule has 0 unspecified atom stereocenters. The van der Waals surface area contributed by atoms with E-state index < -0.39 is 5.97 Å². The van der Waals surface area contributed by atoms with Crippen LogP contribution in [0, 0.1) is 0 Å². The molecule has 0 saturated heterocycles. The van der Waals surface area contributed by atoms with Gasteiger partial charge in [0, 0.05) is 16.3 Å². The average Bonchev–Trinajstić information content (AvgIpc) is 2.97. The molecule has 0 fully saturated rings. The van der Waals surface area contributed by atoms with Crippen molar-refractivity contribution in [1.29, 1.82) is 0 Å². The van der Waals surface area contributed by atoms with Crippen molar-refractivity contribution in [2.75, 3.05) is 25.2 Å². The van der Waals surface area contributed by atoms with Crippen LogP contribution in [0.5, 0.6) is 5.75 Å². The number of carbonyl (C=O) groups is 3. The predicted molar refractivity (Wildman–Crippen MR) is 129 cm³/mol. The number of hydrogen-bond acceptors (Lipinski definition) is 6. The Morgan fingerprint density at radius 3 is 2.50 bits per heavy atom. The van der Waals surface area contributed by atoms with Crippen LogP contribution in [0.15, 0.2) is 76.5 Å². The summed E-state index contributed by atoms with van der Waals surface area (Å²) in [6, 6.07) is 19.7. The Bertz CT molecular complexity index is 1230. The highest BCUT2D eigenvalue weighted by atomic mass is 32.2. The molecule has 1 N–H and O–H groups in total. The zero-order valence-electron chi connectivity index (χ0n) is 18.9. The molecule has 3 aromatic carbocycles. The van der Waals surface area contributed by atoms with Crippen molar-refractivity contribution in [2.45, 2.75) is 23.3 Å². The zero-order chi connectivity index (χ0) is 24.1. The zero-order valence-corrected chi connectivity index (χ0v) is 19.7. The minimum absolute atomic E-state index is 0.191. The number of methoxy groups -OCH3 is 1. The first kappa shape index (κ1) is 23.4. The third-order valence-electron chi connectivity index (χ3n) is 5.29. The molecule has 2 amide bonds. The van der Waals surface area contributed by atoms with Crippen molar-refractivity contribution in [2.24, 2.45) is 0 Å². The van der Waals surface area contributed by atoms with Crippen molar-refractivity contribution in [3.8, 4) is 5.75 Å². The van der Waals surface area contributed by atoms with E-state index in [9.17, 15) is 14.4 Å².